The van der Waals surface area contributed by atoms with Gasteiger partial charge in [0.2, 0.25) is 0 Å². The van der Waals surface area contributed by atoms with Crippen LogP contribution in [0.15, 0.2) is 40.0 Å². The molecule has 0 atom stereocenters. The van der Waals surface area contributed by atoms with E-state index in [1.165, 1.54) is 16.7 Å². The Kier molecular flexibility index (Phi) is 7.34. The number of thiophene rings is 1. The summed E-state index contributed by atoms with van der Waals surface area (Å²) in [6.07, 6.45) is 1.92. The van der Waals surface area contributed by atoms with Crippen molar-refractivity contribution in [1.82, 2.24) is 10.6 Å². The highest BCUT2D eigenvalue weighted by atomic mass is 32.1. The maximum Gasteiger partial charge on any atom is 0.191 e. The van der Waals surface area contributed by atoms with Gasteiger partial charge < -0.3 is 20.1 Å². The molecule has 0 saturated carbocycles. The lowest BCUT2D eigenvalue weighted by Gasteiger charge is -2.39. The molecule has 0 bridgehead atoms. The van der Waals surface area contributed by atoms with E-state index in [1.54, 1.807) is 18.4 Å². The van der Waals surface area contributed by atoms with Crippen LogP contribution in [0.1, 0.15) is 36.5 Å². The molecule has 2 aromatic rings. The average Bonchev–Trinajstić information content (AvgIpc) is 3.24. The number of rotatable bonds is 7. The molecule has 0 radical (unpaired) electrons. The molecule has 1 saturated heterocycles. The molecule has 0 spiro atoms. The Morgan fingerprint density at radius 1 is 1.25 bits per heavy atom. The van der Waals surface area contributed by atoms with E-state index in [1.807, 2.05) is 0 Å². The molecule has 5 nitrogen and oxygen atoms in total. The number of hydrogen-bond acceptors (Lipinski definition) is 4. The van der Waals surface area contributed by atoms with Gasteiger partial charge in [0.05, 0.1) is 13.7 Å². The largest absolute Gasteiger partial charge is 0.496 e. The molecule has 1 aromatic carbocycles. The summed E-state index contributed by atoms with van der Waals surface area (Å²) >= 11 is 1.70. The molecule has 1 aliphatic heterocycles. The van der Waals surface area contributed by atoms with Crippen molar-refractivity contribution in [2.75, 3.05) is 33.4 Å². The number of aliphatic imine (C=N–C) groups is 1. The van der Waals surface area contributed by atoms with Gasteiger partial charge in [-0.2, -0.15) is 11.3 Å². The first-order valence-corrected chi connectivity index (χ1v) is 10.9. The minimum atomic E-state index is -0.0335. The van der Waals surface area contributed by atoms with E-state index < -0.39 is 0 Å². The van der Waals surface area contributed by atoms with Crippen molar-refractivity contribution >= 4 is 17.3 Å². The number of benzene rings is 1. The van der Waals surface area contributed by atoms with E-state index in [2.05, 4.69) is 59.5 Å². The first-order valence-electron chi connectivity index (χ1n) is 9.93. The maximum absolute atomic E-state index is 5.72. The molecule has 1 aromatic heterocycles. The Morgan fingerprint density at radius 3 is 2.75 bits per heavy atom. The first kappa shape index (κ1) is 20.7. The van der Waals surface area contributed by atoms with E-state index in [0.29, 0.717) is 6.54 Å². The molecular weight excluding hydrogens is 370 g/mol. The second-order valence-corrected chi connectivity index (χ2v) is 8.06. The zero-order chi connectivity index (χ0) is 19.8. The normalized spacial score (nSPS) is 16.6. The van der Waals surface area contributed by atoms with Crippen molar-refractivity contribution < 1.29 is 9.47 Å². The van der Waals surface area contributed by atoms with E-state index in [9.17, 15) is 0 Å². The van der Waals surface area contributed by atoms with Gasteiger partial charge in [0.1, 0.15) is 5.75 Å². The monoisotopic (exact) mass is 401 g/mol. The van der Waals surface area contributed by atoms with Crippen LogP contribution in [-0.2, 0) is 16.7 Å². The molecule has 3 rings (SSSR count). The van der Waals surface area contributed by atoms with Gasteiger partial charge in [-0.1, -0.05) is 17.7 Å². The predicted molar refractivity (Wildman–Crippen MR) is 117 cm³/mol. The van der Waals surface area contributed by atoms with Crippen LogP contribution in [0.4, 0.5) is 0 Å². The van der Waals surface area contributed by atoms with Crippen molar-refractivity contribution in [3.8, 4) is 5.75 Å². The van der Waals surface area contributed by atoms with E-state index in [4.69, 9.17) is 14.5 Å². The van der Waals surface area contributed by atoms with E-state index in [0.717, 1.165) is 50.9 Å². The minimum absolute atomic E-state index is 0.0335. The molecule has 0 unspecified atom stereocenters. The van der Waals surface area contributed by atoms with E-state index in [-0.39, 0.29) is 5.41 Å². The third-order valence-electron chi connectivity index (χ3n) is 5.31. The van der Waals surface area contributed by atoms with Crippen LogP contribution in [0, 0.1) is 6.92 Å². The number of guanidine groups is 1. The van der Waals surface area contributed by atoms with Crippen LogP contribution in [0.25, 0.3) is 0 Å². The standard InChI is InChI=1S/C22H31N3O2S/c1-4-23-21(24-14-18-7-12-28-15-18)25-16-22(8-10-27-11-9-22)19-13-17(2)5-6-20(19)26-3/h5-7,12-13,15H,4,8-11,14,16H2,1-3H3,(H2,23,24,25). The van der Waals surface area contributed by atoms with Gasteiger partial charge >= 0.3 is 0 Å². The quantitative estimate of drug-likeness (QED) is 0.546. The van der Waals surface area contributed by atoms with Gasteiger partial charge in [-0.15, -0.1) is 0 Å². The highest BCUT2D eigenvalue weighted by molar-refractivity contribution is 7.07. The van der Waals surface area contributed by atoms with Crippen LogP contribution < -0.4 is 15.4 Å². The molecule has 6 heteroatoms. The number of ether oxygens (including phenoxy) is 2. The van der Waals surface area contributed by atoms with Gasteiger partial charge in [-0.05, 0) is 55.1 Å². The van der Waals surface area contributed by atoms with Gasteiger partial charge in [0.25, 0.3) is 0 Å². The molecule has 1 aliphatic rings. The van der Waals surface area contributed by atoms with Crippen LogP contribution in [-0.4, -0.2) is 39.4 Å². The summed E-state index contributed by atoms with van der Waals surface area (Å²) in [6, 6.07) is 8.57. The van der Waals surface area contributed by atoms with Crippen LogP contribution in [0.3, 0.4) is 0 Å². The lowest BCUT2D eigenvalue weighted by atomic mass is 9.73. The Morgan fingerprint density at radius 2 is 2.07 bits per heavy atom. The van der Waals surface area contributed by atoms with Crippen LogP contribution >= 0.6 is 11.3 Å². The minimum Gasteiger partial charge on any atom is -0.496 e. The Bertz CT molecular complexity index is 768. The summed E-state index contributed by atoms with van der Waals surface area (Å²) in [5.74, 6) is 1.81. The Balaban J connectivity index is 1.81. The van der Waals surface area contributed by atoms with Crippen LogP contribution in [0.2, 0.25) is 0 Å². The third kappa shape index (κ3) is 5.06. The smallest absolute Gasteiger partial charge is 0.191 e. The Hall–Kier alpha value is -2.05. The first-order chi connectivity index (χ1) is 13.7. The maximum atomic E-state index is 5.72. The fraction of sp³-hybridized carbons (Fsp3) is 0.500. The average molecular weight is 402 g/mol. The second kappa shape index (κ2) is 9.94. The summed E-state index contributed by atoms with van der Waals surface area (Å²) < 4.78 is 11.4. The van der Waals surface area contributed by atoms with Crippen molar-refractivity contribution in [1.29, 1.82) is 0 Å². The molecule has 2 N–H and O–H groups in total. The number of aryl methyl sites for hydroxylation is 1. The Labute approximate surface area is 172 Å². The van der Waals surface area contributed by atoms with Crippen molar-refractivity contribution in [2.24, 2.45) is 4.99 Å². The van der Waals surface area contributed by atoms with Crippen LogP contribution in [0.5, 0.6) is 5.75 Å². The van der Waals surface area contributed by atoms with Gasteiger partial charge in [0, 0.05) is 37.3 Å². The molecule has 1 fully saturated rings. The fourth-order valence-electron chi connectivity index (χ4n) is 3.69. The topological polar surface area (TPSA) is 54.9 Å². The SMILES string of the molecule is CCNC(=NCc1ccsc1)NCC1(c2cc(C)ccc2OC)CCOCC1. The van der Waals surface area contributed by atoms with Crippen molar-refractivity contribution in [2.45, 2.75) is 38.6 Å². The molecule has 152 valence electrons. The second-order valence-electron chi connectivity index (χ2n) is 7.28. The lowest BCUT2D eigenvalue weighted by molar-refractivity contribution is 0.0505. The summed E-state index contributed by atoms with van der Waals surface area (Å²) in [4.78, 5) is 4.76. The summed E-state index contributed by atoms with van der Waals surface area (Å²) in [5, 5.41) is 11.2. The molecular formula is C22H31N3O2S. The third-order valence-corrected chi connectivity index (χ3v) is 6.05. The number of hydrogen-bond donors (Lipinski definition) is 2. The van der Waals surface area contributed by atoms with Gasteiger partial charge in [-0.3, -0.25) is 0 Å². The summed E-state index contributed by atoms with van der Waals surface area (Å²) in [6.45, 7) is 8.07. The lowest BCUT2D eigenvalue weighted by Crippen LogP contribution is -2.48. The zero-order valence-corrected chi connectivity index (χ0v) is 17.9. The summed E-state index contributed by atoms with van der Waals surface area (Å²) in [5.41, 5.74) is 3.72. The number of nitrogens with one attached hydrogen (secondary N) is 2. The van der Waals surface area contributed by atoms with Gasteiger partial charge in [-0.25, -0.2) is 4.99 Å². The molecule has 0 aliphatic carbocycles. The van der Waals surface area contributed by atoms with Gasteiger partial charge in [0.15, 0.2) is 5.96 Å². The van der Waals surface area contributed by atoms with Crippen molar-refractivity contribution in [3.05, 3.63) is 51.7 Å². The molecule has 28 heavy (non-hydrogen) atoms. The molecule has 0 amide bonds. The highest BCUT2D eigenvalue weighted by Crippen LogP contribution is 2.40. The predicted octanol–water partition coefficient (Wildman–Crippen LogP) is 3.87. The number of nitrogens with zero attached hydrogens (tertiary/aromatic N) is 1. The molecule has 2 heterocycles. The van der Waals surface area contributed by atoms with E-state index >= 15 is 0 Å². The highest BCUT2D eigenvalue weighted by Gasteiger charge is 2.37. The zero-order valence-electron chi connectivity index (χ0n) is 17.1. The van der Waals surface area contributed by atoms with Crippen molar-refractivity contribution in [3.63, 3.8) is 0 Å². The summed E-state index contributed by atoms with van der Waals surface area (Å²) in [7, 11) is 1.75. The fourth-order valence-corrected chi connectivity index (χ4v) is 4.35. The number of methoxy groups -OCH3 is 1.